The zero-order valence-corrected chi connectivity index (χ0v) is 23.6. The number of aliphatic hydroxyl groups is 1. The number of ketones is 1. The molecule has 0 amide bonds. The molecule has 5 aromatic rings. The van der Waals surface area contributed by atoms with Gasteiger partial charge in [0.05, 0.1) is 5.76 Å². The van der Waals surface area contributed by atoms with Crippen molar-refractivity contribution in [3.8, 4) is 22.4 Å². The summed E-state index contributed by atoms with van der Waals surface area (Å²) in [5.74, 6) is -0.254. The third-order valence-electron chi connectivity index (χ3n) is 6.62. The van der Waals surface area contributed by atoms with Crippen LogP contribution in [0.15, 0.2) is 90.8 Å². The second kappa shape index (κ2) is 11.8. The number of rotatable bonds is 3. The van der Waals surface area contributed by atoms with Crippen LogP contribution in [0.25, 0.3) is 43.9 Å². The van der Waals surface area contributed by atoms with Gasteiger partial charge in [0.1, 0.15) is 5.82 Å². The van der Waals surface area contributed by atoms with Crippen LogP contribution in [0.4, 0.5) is 4.39 Å². The fourth-order valence-electron chi connectivity index (χ4n) is 5.11. The van der Waals surface area contributed by atoms with Crippen molar-refractivity contribution in [3.05, 3.63) is 114 Å². The maximum atomic E-state index is 14.3. The number of allylic oxidation sites excluding steroid dienone is 2. The quantitative estimate of drug-likeness (QED) is 0.0906. The standard InChI is InChI=1S/C28H19FN.C5H8O2.Ir/c29-27-11-5-10-22-23-14-15-30-28(25(23)13-12-24(22)27)20-16-19-8-4-9-21(19)26(17-20)18-6-2-1-3-7-18;1-4(6)3-5(2)7;/h1-3,5-7,10-15,17H,4,8-9H2;3,6H,1-2H3;/q-1;;/b;4-3-;. The summed E-state index contributed by atoms with van der Waals surface area (Å²) in [5.41, 5.74) is 7.15. The Morgan fingerprint density at radius 1 is 0.921 bits per heavy atom. The first kappa shape index (κ1) is 27.4. The first-order chi connectivity index (χ1) is 17.9. The van der Waals surface area contributed by atoms with Gasteiger partial charge >= 0.3 is 0 Å². The Kier molecular flexibility index (Phi) is 8.51. The first-order valence-corrected chi connectivity index (χ1v) is 12.4. The van der Waals surface area contributed by atoms with Crippen molar-refractivity contribution in [1.82, 2.24) is 4.98 Å². The Bertz CT molecular complexity index is 1660. The van der Waals surface area contributed by atoms with Crippen molar-refractivity contribution in [2.24, 2.45) is 0 Å². The fourth-order valence-corrected chi connectivity index (χ4v) is 5.11. The average molecular weight is 681 g/mol. The predicted octanol–water partition coefficient (Wildman–Crippen LogP) is 8.18. The summed E-state index contributed by atoms with van der Waals surface area (Å²) in [6.45, 7) is 2.85. The minimum atomic E-state index is -0.191. The summed E-state index contributed by atoms with van der Waals surface area (Å²) in [5, 5.41) is 12.0. The van der Waals surface area contributed by atoms with Gasteiger partial charge in [-0.1, -0.05) is 73.0 Å². The molecule has 1 heterocycles. The van der Waals surface area contributed by atoms with Crippen molar-refractivity contribution in [2.45, 2.75) is 33.1 Å². The molecule has 0 spiro atoms. The third-order valence-corrected chi connectivity index (χ3v) is 6.62. The van der Waals surface area contributed by atoms with Crippen LogP contribution in [0.3, 0.4) is 0 Å². The van der Waals surface area contributed by atoms with Crippen LogP contribution in [0.2, 0.25) is 0 Å². The molecule has 0 saturated heterocycles. The molecule has 0 fully saturated rings. The summed E-state index contributed by atoms with van der Waals surface area (Å²) >= 11 is 0. The minimum absolute atomic E-state index is 0. The number of halogens is 1. The van der Waals surface area contributed by atoms with E-state index in [-0.39, 0.29) is 37.5 Å². The van der Waals surface area contributed by atoms with Crippen LogP contribution in [0, 0.1) is 11.9 Å². The molecule has 1 aliphatic rings. The molecule has 1 aliphatic carbocycles. The van der Waals surface area contributed by atoms with Crippen molar-refractivity contribution in [1.29, 1.82) is 0 Å². The smallest absolute Gasteiger partial charge is 0.155 e. The molecule has 4 aromatic carbocycles. The zero-order valence-electron chi connectivity index (χ0n) is 21.2. The monoisotopic (exact) mass is 681 g/mol. The Morgan fingerprint density at radius 3 is 2.37 bits per heavy atom. The number of aliphatic hydroxyl groups excluding tert-OH is 1. The van der Waals surface area contributed by atoms with Gasteiger partial charge in [-0.15, -0.1) is 28.8 Å². The fraction of sp³-hybridized carbons (Fsp3) is 0.152. The number of aryl methyl sites for hydroxylation is 1. The molecular weight excluding hydrogens is 654 g/mol. The number of aromatic nitrogens is 1. The van der Waals surface area contributed by atoms with Crippen molar-refractivity contribution < 1.29 is 34.4 Å². The number of fused-ring (bicyclic) bond motifs is 4. The molecule has 3 nitrogen and oxygen atoms in total. The summed E-state index contributed by atoms with van der Waals surface area (Å²) in [6, 6.07) is 27.6. The largest absolute Gasteiger partial charge is 0.512 e. The zero-order chi connectivity index (χ0) is 25.9. The molecule has 5 heteroatoms. The summed E-state index contributed by atoms with van der Waals surface area (Å²) in [7, 11) is 0. The maximum absolute atomic E-state index is 14.3. The van der Waals surface area contributed by atoms with E-state index in [9.17, 15) is 9.18 Å². The van der Waals surface area contributed by atoms with Crippen LogP contribution in [-0.4, -0.2) is 15.9 Å². The first-order valence-electron chi connectivity index (χ1n) is 12.4. The van der Waals surface area contributed by atoms with Gasteiger partial charge in [-0.25, -0.2) is 4.39 Å². The number of hydrogen-bond acceptors (Lipinski definition) is 3. The third kappa shape index (κ3) is 5.60. The van der Waals surface area contributed by atoms with Gasteiger partial charge in [-0.05, 0) is 59.8 Å². The van der Waals surface area contributed by atoms with E-state index in [2.05, 4.69) is 42.5 Å². The molecule has 0 atom stereocenters. The molecule has 1 aromatic heterocycles. The van der Waals surface area contributed by atoms with Gasteiger partial charge in [-0.3, -0.25) is 4.79 Å². The van der Waals surface area contributed by atoms with Gasteiger partial charge in [0, 0.05) is 37.8 Å². The van der Waals surface area contributed by atoms with Crippen LogP contribution in [0.1, 0.15) is 31.4 Å². The van der Waals surface area contributed by atoms with Crippen LogP contribution < -0.4 is 0 Å². The van der Waals surface area contributed by atoms with Gasteiger partial charge < -0.3 is 10.1 Å². The van der Waals surface area contributed by atoms with Gasteiger partial charge in [0.2, 0.25) is 0 Å². The Labute approximate surface area is 235 Å². The van der Waals surface area contributed by atoms with E-state index in [1.54, 1.807) is 6.07 Å². The van der Waals surface area contributed by atoms with Crippen LogP contribution >= 0.6 is 0 Å². The number of benzene rings is 4. The molecule has 0 aliphatic heterocycles. The topological polar surface area (TPSA) is 50.2 Å². The van der Waals surface area contributed by atoms with E-state index in [0.717, 1.165) is 40.3 Å². The number of hydrogen-bond donors (Lipinski definition) is 1. The molecule has 193 valence electrons. The second-order valence-corrected chi connectivity index (χ2v) is 9.32. The Morgan fingerprint density at radius 2 is 1.66 bits per heavy atom. The number of nitrogens with zero attached hydrogens (tertiary/aromatic N) is 1. The van der Waals surface area contributed by atoms with Gasteiger partial charge in [-0.2, -0.15) is 0 Å². The molecule has 0 saturated carbocycles. The van der Waals surface area contributed by atoms with E-state index in [4.69, 9.17) is 10.1 Å². The second-order valence-electron chi connectivity index (χ2n) is 9.32. The Hall–Kier alpha value is -3.66. The predicted molar refractivity (Wildman–Crippen MR) is 148 cm³/mol. The minimum Gasteiger partial charge on any atom is -0.512 e. The van der Waals surface area contributed by atoms with Crippen molar-refractivity contribution in [2.75, 3.05) is 0 Å². The summed E-state index contributed by atoms with van der Waals surface area (Å²) < 4.78 is 14.3. The molecule has 1 N–H and O–H groups in total. The van der Waals surface area contributed by atoms with Crippen molar-refractivity contribution >= 4 is 27.3 Å². The normalized spacial score (nSPS) is 12.4. The van der Waals surface area contributed by atoms with E-state index >= 15 is 0 Å². The molecular formula is C33H27FIrNO2-. The van der Waals surface area contributed by atoms with Crippen molar-refractivity contribution in [3.63, 3.8) is 0 Å². The number of carbonyl (C=O) groups is 1. The summed E-state index contributed by atoms with van der Waals surface area (Å²) in [4.78, 5) is 14.8. The van der Waals surface area contributed by atoms with Crippen LogP contribution in [0.5, 0.6) is 0 Å². The summed E-state index contributed by atoms with van der Waals surface area (Å²) in [6.07, 6.45) is 6.32. The number of carbonyl (C=O) groups excluding carboxylic acids is 1. The van der Waals surface area contributed by atoms with E-state index in [1.165, 1.54) is 54.7 Å². The Balaban J connectivity index is 0.000000375. The number of pyridine rings is 1. The molecule has 6 rings (SSSR count). The van der Waals surface area contributed by atoms with Gasteiger partial charge in [0.25, 0.3) is 0 Å². The molecule has 1 radical (unpaired) electrons. The molecule has 0 bridgehead atoms. The SMILES string of the molecule is CC(=O)/C=C(/C)O.Fc1cccc2c1ccc1c(-c3[c-]c4c(c(-c5ccccc5)c3)CCC4)nccc12.[Ir]. The van der Waals surface area contributed by atoms with Gasteiger partial charge in [0.15, 0.2) is 5.78 Å². The van der Waals surface area contributed by atoms with E-state index < -0.39 is 0 Å². The maximum Gasteiger partial charge on any atom is 0.155 e. The van der Waals surface area contributed by atoms with E-state index in [0.29, 0.717) is 5.39 Å². The van der Waals surface area contributed by atoms with Crippen LogP contribution in [-0.2, 0) is 37.7 Å². The molecule has 0 unspecified atom stereocenters. The van der Waals surface area contributed by atoms with E-state index in [1.807, 2.05) is 30.5 Å². The molecule has 38 heavy (non-hydrogen) atoms. The average Bonchev–Trinajstić information content (AvgIpc) is 3.37.